The van der Waals surface area contributed by atoms with E-state index in [1.807, 2.05) is 0 Å². The third-order valence-corrected chi connectivity index (χ3v) is 2.56. The fraction of sp³-hybridized carbons (Fsp3) is 0.154. The monoisotopic (exact) mass is 285 g/mol. The van der Waals surface area contributed by atoms with Gasteiger partial charge in [0.1, 0.15) is 5.75 Å². The number of aliphatic hydroxyl groups excluding tert-OH is 1. The number of halogens is 3. The van der Waals surface area contributed by atoms with E-state index in [4.69, 9.17) is 5.11 Å². The molecule has 0 bridgehead atoms. The lowest BCUT2D eigenvalue weighted by Crippen LogP contribution is -2.17. The molecule has 106 valence electrons. The third kappa shape index (κ3) is 3.39. The van der Waals surface area contributed by atoms with Gasteiger partial charge in [0.15, 0.2) is 0 Å². The molecule has 0 saturated carbocycles. The van der Waals surface area contributed by atoms with Crippen molar-refractivity contribution >= 4 is 0 Å². The number of hydrogen-bond acceptors (Lipinski definition) is 3. The van der Waals surface area contributed by atoms with Gasteiger partial charge >= 0.3 is 6.36 Å². The highest BCUT2D eigenvalue weighted by Gasteiger charge is 2.30. The fourth-order valence-corrected chi connectivity index (χ4v) is 1.75. The highest BCUT2D eigenvalue weighted by Crippen LogP contribution is 2.27. The molecule has 0 amide bonds. The molecule has 0 atom stereocenters. The number of benzene rings is 1. The Morgan fingerprint density at radius 3 is 2.30 bits per heavy atom. The summed E-state index contributed by atoms with van der Waals surface area (Å²) in [7, 11) is 0. The highest BCUT2D eigenvalue weighted by molar-refractivity contribution is 5.66. The Morgan fingerprint density at radius 1 is 1.10 bits per heavy atom. The summed E-state index contributed by atoms with van der Waals surface area (Å²) in [6.45, 7) is -0.383. The topological polar surface area (TPSA) is 62.3 Å². The first-order valence-electron chi connectivity index (χ1n) is 5.58. The minimum atomic E-state index is -4.74. The Kier molecular flexibility index (Phi) is 3.80. The van der Waals surface area contributed by atoms with E-state index < -0.39 is 6.36 Å². The third-order valence-electron chi connectivity index (χ3n) is 2.56. The smallest absolute Gasteiger partial charge is 0.406 e. The number of nitrogens with one attached hydrogen (secondary N) is 1. The number of alkyl halides is 3. The van der Waals surface area contributed by atoms with Crippen LogP contribution in [-0.4, -0.2) is 16.5 Å². The normalized spacial score (nSPS) is 11.4. The number of aromatic nitrogens is 1. The number of pyridine rings is 1. The first-order chi connectivity index (χ1) is 9.39. The van der Waals surface area contributed by atoms with Crippen LogP contribution in [0.25, 0.3) is 11.1 Å². The van der Waals surface area contributed by atoms with Gasteiger partial charge in [-0.05, 0) is 23.8 Å². The summed E-state index contributed by atoms with van der Waals surface area (Å²) in [6.07, 6.45) is -4.74. The molecule has 2 N–H and O–H groups in total. The van der Waals surface area contributed by atoms with Crippen molar-refractivity contribution in [2.24, 2.45) is 0 Å². The summed E-state index contributed by atoms with van der Waals surface area (Å²) in [5.74, 6) is -0.337. The number of aromatic amines is 1. The summed E-state index contributed by atoms with van der Waals surface area (Å²) < 4.78 is 39.9. The van der Waals surface area contributed by atoms with E-state index >= 15 is 0 Å². The molecule has 0 saturated heterocycles. The summed E-state index contributed by atoms with van der Waals surface area (Å²) in [4.78, 5) is 13.6. The van der Waals surface area contributed by atoms with Crippen molar-refractivity contribution in [2.45, 2.75) is 13.0 Å². The van der Waals surface area contributed by atoms with Crippen LogP contribution >= 0.6 is 0 Å². The predicted octanol–water partition coefficient (Wildman–Crippen LogP) is 2.43. The van der Waals surface area contributed by atoms with Gasteiger partial charge in [0.25, 0.3) is 0 Å². The molecular weight excluding hydrogens is 275 g/mol. The Morgan fingerprint density at radius 2 is 1.75 bits per heavy atom. The minimum Gasteiger partial charge on any atom is -0.406 e. The van der Waals surface area contributed by atoms with E-state index in [9.17, 15) is 18.0 Å². The van der Waals surface area contributed by atoms with E-state index in [0.29, 0.717) is 16.8 Å². The van der Waals surface area contributed by atoms with Gasteiger partial charge < -0.3 is 14.8 Å². The Labute approximate surface area is 111 Å². The SMILES string of the molecule is O=c1ccc(-c2ccc(OC(F)(F)F)cc2)c(CO)[nH]1. The Balaban J connectivity index is 2.33. The molecule has 2 rings (SSSR count). The molecule has 0 aliphatic rings. The van der Waals surface area contributed by atoms with Crippen LogP contribution < -0.4 is 10.3 Å². The van der Waals surface area contributed by atoms with Gasteiger partial charge in [-0.15, -0.1) is 13.2 Å². The van der Waals surface area contributed by atoms with Crippen LogP contribution in [0.3, 0.4) is 0 Å². The molecule has 1 aromatic carbocycles. The fourth-order valence-electron chi connectivity index (χ4n) is 1.75. The lowest BCUT2D eigenvalue weighted by atomic mass is 10.0. The van der Waals surface area contributed by atoms with Gasteiger partial charge in [0.2, 0.25) is 5.56 Å². The maximum atomic E-state index is 12.0. The van der Waals surface area contributed by atoms with Crippen molar-refractivity contribution < 1.29 is 23.0 Å². The Hall–Kier alpha value is -2.28. The average molecular weight is 285 g/mol. The van der Waals surface area contributed by atoms with Crippen LogP contribution in [0.5, 0.6) is 5.75 Å². The van der Waals surface area contributed by atoms with Crippen molar-refractivity contribution in [3.05, 3.63) is 52.4 Å². The number of hydrogen-bond donors (Lipinski definition) is 2. The maximum Gasteiger partial charge on any atom is 0.573 e. The van der Waals surface area contributed by atoms with E-state index in [1.54, 1.807) is 0 Å². The predicted molar refractivity (Wildman–Crippen MR) is 65.1 cm³/mol. The molecular formula is C13H10F3NO3. The molecule has 7 heteroatoms. The van der Waals surface area contributed by atoms with Gasteiger partial charge in [0, 0.05) is 11.6 Å². The number of H-pyrrole nitrogens is 1. The molecule has 0 aliphatic heterocycles. The van der Waals surface area contributed by atoms with Crippen LogP contribution in [0.15, 0.2) is 41.2 Å². The Bertz CT molecular complexity index is 647. The van der Waals surface area contributed by atoms with Gasteiger partial charge in [-0.1, -0.05) is 12.1 Å². The molecule has 1 heterocycles. The average Bonchev–Trinajstić information content (AvgIpc) is 2.38. The lowest BCUT2D eigenvalue weighted by molar-refractivity contribution is -0.274. The molecule has 1 aromatic heterocycles. The van der Waals surface area contributed by atoms with E-state index in [-0.39, 0.29) is 17.9 Å². The zero-order valence-electron chi connectivity index (χ0n) is 10.1. The summed E-state index contributed by atoms with van der Waals surface area (Å²) in [6, 6.07) is 7.91. The van der Waals surface area contributed by atoms with Crippen molar-refractivity contribution in [3.63, 3.8) is 0 Å². The van der Waals surface area contributed by atoms with E-state index in [2.05, 4.69) is 9.72 Å². The van der Waals surface area contributed by atoms with Crippen LogP contribution in [0, 0.1) is 0 Å². The van der Waals surface area contributed by atoms with Gasteiger partial charge in [0.05, 0.1) is 12.3 Å². The summed E-state index contributed by atoms with van der Waals surface area (Å²) >= 11 is 0. The largest absolute Gasteiger partial charge is 0.573 e. The second kappa shape index (κ2) is 5.38. The van der Waals surface area contributed by atoms with Gasteiger partial charge in [-0.25, -0.2) is 0 Å². The summed E-state index contributed by atoms with van der Waals surface area (Å²) in [5, 5.41) is 9.17. The zero-order chi connectivity index (χ0) is 14.8. The molecule has 4 nitrogen and oxygen atoms in total. The van der Waals surface area contributed by atoms with Crippen LogP contribution in [0.4, 0.5) is 13.2 Å². The molecule has 0 radical (unpaired) electrons. The molecule has 2 aromatic rings. The molecule has 20 heavy (non-hydrogen) atoms. The van der Waals surface area contributed by atoms with Crippen molar-refractivity contribution in [3.8, 4) is 16.9 Å². The van der Waals surface area contributed by atoms with E-state index in [0.717, 1.165) is 12.1 Å². The van der Waals surface area contributed by atoms with Crippen molar-refractivity contribution in [1.82, 2.24) is 4.98 Å². The second-order valence-corrected chi connectivity index (χ2v) is 3.95. The van der Waals surface area contributed by atoms with Crippen LogP contribution in [-0.2, 0) is 6.61 Å². The molecule has 0 unspecified atom stereocenters. The first-order valence-corrected chi connectivity index (χ1v) is 5.58. The van der Waals surface area contributed by atoms with Crippen LogP contribution in [0.2, 0.25) is 0 Å². The second-order valence-electron chi connectivity index (χ2n) is 3.95. The lowest BCUT2D eigenvalue weighted by Gasteiger charge is -2.10. The molecule has 0 aliphatic carbocycles. The van der Waals surface area contributed by atoms with Crippen molar-refractivity contribution in [2.75, 3.05) is 0 Å². The van der Waals surface area contributed by atoms with Crippen molar-refractivity contribution in [1.29, 1.82) is 0 Å². The number of rotatable bonds is 3. The minimum absolute atomic E-state index is 0.294. The summed E-state index contributed by atoms with van der Waals surface area (Å²) in [5.41, 5.74) is 1.02. The molecule has 0 fully saturated rings. The van der Waals surface area contributed by atoms with Crippen LogP contribution in [0.1, 0.15) is 5.69 Å². The maximum absolute atomic E-state index is 12.0. The number of aliphatic hydroxyl groups is 1. The molecule has 0 spiro atoms. The quantitative estimate of drug-likeness (QED) is 0.910. The highest BCUT2D eigenvalue weighted by atomic mass is 19.4. The standard InChI is InChI=1S/C13H10F3NO3/c14-13(15,16)20-9-3-1-8(2-4-9)10-5-6-12(19)17-11(10)7-18/h1-6,18H,7H2,(H,17,19). The van der Waals surface area contributed by atoms with Gasteiger partial charge in [-0.2, -0.15) is 0 Å². The van der Waals surface area contributed by atoms with Gasteiger partial charge in [-0.3, -0.25) is 4.79 Å². The zero-order valence-corrected chi connectivity index (χ0v) is 10.1. The van der Waals surface area contributed by atoms with E-state index in [1.165, 1.54) is 24.3 Å². The first kappa shape index (κ1) is 14.1. The number of ether oxygens (including phenoxy) is 1.